The molecule has 0 aromatic heterocycles. The van der Waals surface area contributed by atoms with E-state index in [-0.39, 0.29) is 17.8 Å². The van der Waals surface area contributed by atoms with Crippen LogP contribution in [0.15, 0.2) is 0 Å². The Morgan fingerprint density at radius 1 is 1.24 bits per heavy atom. The van der Waals surface area contributed by atoms with Crippen LogP contribution in [0.4, 0.5) is 0 Å². The molecule has 1 saturated carbocycles. The molecular weight excluding hydrogens is 284 g/mol. The Balaban J connectivity index is 2.19. The maximum Gasteiger partial charge on any atom is 0.0962 e. The van der Waals surface area contributed by atoms with Gasteiger partial charge < -0.3 is 14.2 Å². The second kappa shape index (κ2) is 7.07. The SMILES string of the molecule is CCCOC1C(Br)CC1OCCC(C)(C)OC. The largest absolute Gasteiger partial charge is 0.379 e. The molecule has 3 atom stereocenters. The standard InChI is InChI=1S/C13H25BrO3/c1-5-7-17-12-10(14)9-11(12)16-8-6-13(2,3)15-4/h10-12H,5-9H2,1-4H3. The first-order chi connectivity index (χ1) is 8.00. The van der Waals surface area contributed by atoms with Gasteiger partial charge in [-0.1, -0.05) is 22.9 Å². The molecule has 0 bridgehead atoms. The van der Waals surface area contributed by atoms with Gasteiger partial charge in [0.05, 0.1) is 17.8 Å². The van der Waals surface area contributed by atoms with Crippen molar-refractivity contribution in [2.24, 2.45) is 0 Å². The molecule has 0 aromatic rings. The van der Waals surface area contributed by atoms with Crippen LogP contribution < -0.4 is 0 Å². The maximum absolute atomic E-state index is 5.86. The van der Waals surface area contributed by atoms with Crippen LogP contribution in [0, 0.1) is 0 Å². The summed E-state index contributed by atoms with van der Waals surface area (Å²) in [6, 6.07) is 0. The van der Waals surface area contributed by atoms with Gasteiger partial charge in [0.2, 0.25) is 0 Å². The van der Waals surface area contributed by atoms with Crippen LogP contribution in [0.5, 0.6) is 0 Å². The lowest BCUT2D eigenvalue weighted by molar-refractivity contribution is -0.129. The molecule has 3 nitrogen and oxygen atoms in total. The Labute approximate surface area is 113 Å². The Morgan fingerprint density at radius 2 is 1.94 bits per heavy atom. The van der Waals surface area contributed by atoms with E-state index in [0.717, 1.165) is 32.5 Å². The first kappa shape index (κ1) is 15.4. The second-order valence-corrected chi connectivity index (χ2v) is 6.39. The zero-order valence-corrected chi connectivity index (χ0v) is 13.0. The highest BCUT2D eigenvalue weighted by atomic mass is 79.9. The quantitative estimate of drug-likeness (QED) is 0.645. The Kier molecular flexibility index (Phi) is 6.41. The molecule has 1 rings (SSSR count). The van der Waals surface area contributed by atoms with E-state index in [2.05, 4.69) is 36.7 Å². The summed E-state index contributed by atoms with van der Waals surface area (Å²) in [6.45, 7) is 7.83. The van der Waals surface area contributed by atoms with E-state index in [1.807, 2.05) is 0 Å². The van der Waals surface area contributed by atoms with Crippen LogP contribution in [0.1, 0.15) is 40.0 Å². The molecule has 0 spiro atoms. The van der Waals surface area contributed by atoms with E-state index in [9.17, 15) is 0 Å². The number of rotatable bonds is 8. The smallest absolute Gasteiger partial charge is 0.0962 e. The van der Waals surface area contributed by atoms with Crippen molar-refractivity contribution in [1.82, 2.24) is 0 Å². The van der Waals surface area contributed by atoms with Crippen molar-refractivity contribution in [2.45, 2.75) is 62.7 Å². The van der Waals surface area contributed by atoms with E-state index < -0.39 is 0 Å². The van der Waals surface area contributed by atoms with Crippen LogP contribution in [0.2, 0.25) is 0 Å². The first-order valence-electron chi connectivity index (χ1n) is 6.42. The van der Waals surface area contributed by atoms with Crippen molar-refractivity contribution in [2.75, 3.05) is 20.3 Å². The first-order valence-corrected chi connectivity index (χ1v) is 7.34. The van der Waals surface area contributed by atoms with Crippen molar-refractivity contribution in [3.05, 3.63) is 0 Å². The molecule has 1 fully saturated rings. The predicted octanol–water partition coefficient (Wildman–Crippen LogP) is 3.15. The van der Waals surface area contributed by atoms with Gasteiger partial charge in [0.15, 0.2) is 0 Å². The van der Waals surface area contributed by atoms with Gasteiger partial charge in [0.25, 0.3) is 0 Å². The molecule has 0 aromatic carbocycles. The van der Waals surface area contributed by atoms with Crippen LogP contribution >= 0.6 is 15.9 Å². The third-order valence-corrected chi connectivity index (χ3v) is 4.18. The zero-order chi connectivity index (χ0) is 12.9. The normalized spacial score (nSPS) is 29.1. The van der Waals surface area contributed by atoms with E-state index in [1.165, 1.54) is 0 Å². The summed E-state index contributed by atoms with van der Waals surface area (Å²) in [4.78, 5) is 0.453. The molecule has 0 heterocycles. The maximum atomic E-state index is 5.86. The van der Waals surface area contributed by atoms with Gasteiger partial charge in [0, 0.05) is 25.2 Å². The highest BCUT2D eigenvalue weighted by molar-refractivity contribution is 9.09. The average Bonchev–Trinajstić information content (AvgIpc) is 2.28. The van der Waals surface area contributed by atoms with E-state index in [0.29, 0.717) is 4.83 Å². The van der Waals surface area contributed by atoms with Gasteiger partial charge >= 0.3 is 0 Å². The third-order valence-electron chi connectivity index (χ3n) is 3.28. The van der Waals surface area contributed by atoms with Crippen molar-refractivity contribution in [3.8, 4) is 0 Å². The molecule has 1 aliphatic carbocycles. The van der Waals surface area contributed by atoms with Gasteiger partial charge in [-0.15, -0.1) is 0 Å². The molecule has 0 saturated heterocycles. The molecule has 0 radical (unpaired) electrons. The molecule has 4 heteroatoms. The van der Waals surface area contributed by atoms with Crippen molar-refractivity contribution < 1.29 is 14.2 Å². The predicted molar refractivity (Wildman–Crippen MR) is 72.8 cm³/mol. The van der Waals surface area contributed by atoms with Crippen molar-refractivity contribution in [3.63, 3.8) is 0 Å². The number of ether oxygens (including phenoxy) is 3. The number of hydrogen-bond acceptors (Lipinski definition) is 3. The number of hydrogen-bond donors (Lipinski definition) is 0. The molecule has 102 valence electrons. The Hall–Kier alpha value is 0.360. The summed E-state index contributed by atoms with van der Waals surface area (Å²) in [5.74, 6) is 0. The summed E-state index contributed by atoms with van der Waals surface area (Å²) in [6.07, 6.45) is 3.48. The number of methoxy groups -OCH3 is 1. The monoisotopic (exact) mass is 308 g/mol. The summed E-state index contributed by atoms with van der Waals surface area (Å²) < 4.78 is 17.0. The van der Waals surface area contributed by atoms with Crippen molar-refractivity contribution >= 4 is 15.9 Å². The molecule has 0 N–H and O–H groups in total. The molecule has 0 amide bonds. The van der Waals surface area contributed by atoms with Gasteiger partial charge in [-0.25, -0.2) is 0 Å². The summed E-state index contributed by atoms with van der Waals surface area (Å²) >= 11 is 3.61. The fourth-order valence-electron chi connectivity index (χ4n) is 1.71. The number of halogens is 1. The zero-order valence-electron chi connectivity index (χ0n) is 11.4. The van der Waals surface area contributed by atoms with E-state index in [1.54, 1.807) is 7.11 Å². The summed E-state index contributed by atoms with van der Waals surface area (Å²) in [7, 11) is 1.74. The van der Waals surface area contributed by atoms with Crippen molar-refractivity contribution in [1.29, 1.82) is 0 Å². The van der Waals surface area contributed by atoms with Gasteiger partial charge in [-0.3, -0.25) is 0 Å². The van der Waals surface area contributed by atoms with E-state index in [4.69, 9.17) is 14.2 Å². The minimum atomic E-state index is -0.0999. The molecule has 17 heavy (non-hydrogen) atoms. The highest BCUT2D eigenvalue weighted by Crippen LogP contribution is 2.33. The van der Waals surface area contributed by atoms with Gasteiger partial charge in [-0.2, -0.15) is 0 Å². The Bertz CT molecular complexity index is 221. The van der Waals surface area contributed by atoms with Crippen LogP contribution in [0.25, 0.3) is 0 Å². The number of alkyl halides is 1. The van der Waals surface area contributed by atoms with Crippen LogP contribution in [-0.4, -0.2) is 43.0 Å². The lowest BCUT2D eigenvalue weighted by Gasteiger charge is -2.41. The molecule has 0 aliphatic heterocycles. The Morgan fingerprint density at radius 3 is 2.47 bits per heavy atom. The lowest BCUT2D eigenvalue weighted by Crippen LogP contribution is -2.51. The molecule has 1 aliphatic rings. The summed E-state index contributed by atoms with van der Waals surface area (Å²) in [5.41, 5.74) is -0.0999. The molecule has 3 unspecified atom stereocenters. The second-order valence-electron chi connectivity index (χ2n) is 5.21. The fourth-order valence-corrected chi connectivity index (χ4v) is 2.58. The summed E-state index contributed by atoms with van der Waals surface area (Å²) in [5, 5.41) is 0. The lowest BCUT2D eigenvalue weighted by atomic mass is 9.91. The van der Waals surface area contributed by atoms with Crippen LogP contribution in [0.3, 0.4) is 0 Å². The van der Waals surface area contributed by atoms with Crippen LogP contribution in [-0.2, 0) is 14.2 Å². The third kappa shape index (κ3) is 4.86. The van der Waals surface area contributed by atoms with Gasteiger partial charge in [0.1, 0.15) is 0 Å². The topological polar surface area (TPSA) is 27.7 Å². The minimum absolute atomic E-state index is 0.0999. The van der Waals surface area contributed by atoms with Gasteiger partial charge in [-0.05, 0) is 33.1 Å². The fraction of sp³-hybridized carbons (Fsp3) is 1.00. The highest BCUT2D eigenvalue weighted by Gasteiger charge is 2.41. The average molecular weight is 309 g/mol. The molecular formula is C13H25BrO3. The van der Waals surface area contributed by atoms with E-state index >= 15 is 0 Å². The minimum Gasteiger partial charge on any atom is -0.379 e.